The monoisotopic (exact) mass is 293 g/mol. The smallest absolute Gasteiger partial charge is 0.387 e. The summed E-state index contributed by atoms with van der Waals surface area (Å²) in [5.41, 5.74) is 1.53. The lowest BCUT2D eigenvalue weighted by Crippen LogP contribution is -2.12. The van der Waals surface area contributed by atoms with Gasteiger partial charge in [-0.1, -0.05) is 12.1 Å². The molecule has 0 saturated heterocycles. The molecule has 6 heteroatoms. The van der Waals surface area contributed by atoms with Crippen molar-refractivity contribution < 1.29 is 23.4 Å². The molecule has 0 radical (unpaired) electrons. The van der Waals surface area contributed by atoms with Crippen LogP contribution < -0.4 is 10.1 Å². The summed E-state index contributed by atoms with van der Waals surface area (Å²) in [7, 11) is 0. The third-order valence-corrected chi connectivity index (χ3v) is 2.71. The Bertz CT molecular complexity index is 615. The number of hydrogen-bond acceptors (Lipinski definition) is 3. The van der Waals surface area contributed by atoms with Crippen LogP contribution in [0.25, 0.3) is 0 Å². The number of halogens is 2. The first-order chi connectivity index (χ1) is 10.1. The van der Waals surface area contributed by atoms with Gasteiger partial charge in [0.25, 0.3) is 5.91 Å². The van der Waals surface area contributed by atoms with Gasteiger partial charge in [-0.05, 0) is 42.0 Å². The van der Waals surface area contributed by atoms with Crippen LogP contribution in [0.2, 0.25) is 0 Å². The van der Waals surface area contributed by atoms with Crippen LogP contribution in [-0.4, -0.2) is 17.6 Å². The molecule has 0 atom stereocenters. The molecule has 4 nitrogen and oxygen atoms in total. The number of carbonyl (C=O) groups is 1. The minimum Gasteiger partial charge on any atom is -0.435 e. The zero-order valence-corrected chi connectivity index (χ0v) is 10.9. The van der Waals surface area contributed by atoms with Crippen LogP contribution in [0.15, 0.2) is 48.5 Å². The molecule has 0 unspecified atom stereocenters. The van der Waals surface area contributed by atoms with Crippen molar-refractivity contribution in [1.82, 2.24) is 0 Å². The Labute approximate surface area is 120 Å². The number of alkyl halides is 2. The number of rotatable bonds is 5. The van der Waals surface area contributed by atoms with Crippen molar-refractivity contribution in [3.63, 3.8) is 0 Å². The van der Waals surface area contributed by atoms with Gasteiger partial charge in [0.15, 0.2) is 0 Å². The van der Waals surface area contributed by atoms with Crippen LogP contribution >= 0.6 is 0 Å². The molecule has 110 valence electrons. The highest BCUT2D eigenvalue weighted by atomic mass is 19.3. The number of benzene rings is 2. The van der Waals surface area contributed by atoms with E-state index in [0.717, 1.165) is 0 Å². The first-order valence-corrected chi connectivity index (χ1v) is 6.14. The molecule has 2 aromatic rings. The van der Waals surface area contributed by atoms with E-state index in [1.54, 1.807) is 24.3 Å². The maximum absolute atomic E-state index is 12.0. The van der Waals surface area contributed by atoms with Crippen molar-refractivity contribution in [1.29, 1.82) is 0 Å². The van der Waals surface area contributed by atoms with E-state index in [4.69, 9.17) is 5.11 Å². The largest absolute Gasteiger partial charge is 0.435 e. The van der Waals surface area contributed by atoms with E-state index in [2.05, 4.69) is 10.1 Å². The summed E-state index contributed by atoms with van der Waals surface area (Å²) in [6, 6.07) is 12.1. The number of aliphatic hydroxyl groups is 1. The maximum atomic E-state index is 12.0. The fourth-order valence-electron chi connectivity index (χ4n) is 1.74. The van der Waals surface area contributed by atoms with E-state index in [0.29, 0.717) is 16.8 Å². The average Bonchev–Trinajstić information content (AvgIpc) is 2.47. The van der Waals surface area contributed by atoms with Gasteiger partial charge in [0.2, 0.25) is 0 Å². The highest BCUT2D eigenvalue weighted by Gasteiger charge is 2.08. The number of aliphatic hydroxyl groups excluding tert-OH is 1. The van der Waals surface area contributed by atoms with E-state index in [1.807, 2.05) is 0 Å². The van der Waals surface area contributed by atoms with Gasteiger partial charge in [-0.3, -0.25) is 4.79 Å². The molecule has 2 aromatic carbocycles. The predicted octanol–water partition coefficient (Wildman–Crippen LogP) is 3.03. The number of anilines is 1. The molecule has 0 aromatic heterocycles. The first kappa shape index (κ1) is 14.9. The van der Waals surface area contributed by atoms with E-state index >= 15 is 0 Å². The van der Waals surface area contributed by atoms with E-state index in [-0.39, 0.29) is 18.3 Å². The zero-order valence-electron chi connectivity index (χ0n) is 10.9. The SMILES string of the molecule is O=C(Nc1cccc(CO)c1)c1ccc(OC(F)F)cc1. The summed E-state index contributed by atoms with van der Waals surface area (Å²) in [5, 5.41) is 11.7. The highest BCUT2D eigenvalue weighted by molar-refractivity contribution is 6.04. The molecule has 0 aliphatic rings. The van der Waals surface area contributed by atoms with Gasteiger partial charge >= 0.3 is 6.61 Å². The summed E-state index contributed by atoms with van der Waals surface area (Å²) >= 11 is 0. The van der Waals surface area contributed by atoms with E-state index < -0.39 is 6.61 Å². The number of amides is 1. The van der Waals surface area contributed by atoms with Crippen LogP contribution in [-0.2, 0) is 6.61 Å². The molecule has 2 N–H and O–H groups in total. The molecule has 0 saturated carbocycles. The Morgan fingerprint density at radius 3 is 2.52 bits per heavy atom. The van der Waals surface area contributed by atoms with Crippen LogP contribution in [0.4, 0.5) is 14.5 Å². The highest BCUT2D eigenvalue weighted by Crippen LogP contribution is 2.17. The zero-order chi connectivity index (χ0) is 15.2. The summed E-state index contributed by atoms with van der Waals surface area (Å²) < 4.78 is 28.2. The standard InChI is InChI=1S/C15H13F2NO3/c16-15(17)21-13-6-4-11(5-7-13)14(20)18-12-3-1-2-10(8-12)9-19/h1-8,15,19H,9H2,(H,18,20). The summed E-state index contributed by atoms with van der Waals surface area (Å²) in [5.74, 6) is -0.391. The van der Waals surface area contributed by atoms with Crippen LogP contribution in [0.3, 0.4) is 0 Å². The Balaban J connectivity index is 2.05. The Kier molecular flexibility index (Phi) is 4.84. The van der Waals surface area contributed by atoms with Crippen LogP contribution in [0.1, 0.15) is 15.9 Å². The molecular weight excluding hydrogens is 280 g/mol. The second-order valence-corrected chi connectivity index (χ2v) is 4.22. The van der Waals surface area contributed by atoms with Gasteiger partial charge in [0.05, 0.1) is 6.61 Å². The van der Waals surface area contributed by atoms with Gasteiger partial charge in [0, 0.05) is 11.3 Å². The topological polar surface area (TPSA) is 58.6 Å². The minimum atomic E-state index is -2.90. The van der Waals surface area contributed by atoms with E-state index in [1.165, 1.54) is 24.3 Å². The molecular formula is C15H13F2NO3. The lowest BCUT2D eigenvalue weighted by Gasteiger charge is -2.08. The second kappa shape index (κ2) is 6.81. The van der Waals surface area contributed by atoms with Gasteiger partial charge in [-0.25, -0.2) is 0 Å². The first-order valence-electron chi connectivity index (χ1n) is 6.14. The Morgan fingerprint density at radius 1 is 1.19 bits per heavy atom. The van der Waals surface area contributed by atoms with Crippen molar-refractivity contribution in [2.45, 2.75) is 13.2 Å². The van der Waals surface area contributed by atoms with Gasteiger partial charge in [-0.15, -0.1) is 0 Å². The molecule has 1 amide bonds. The summed E-state index contributed by atoms with van der Waals surface area (Å²) in [4.78, 5) is 12.0. The normalized spacial score (nSPS) is 10.5. The predicted molar refractivity (Wildman–Crippen MR) is 73.4 cm³/mol. The van der Waals surface area contributed by atoms with Crippen LogP contribution in [0.5, 0.6) is 5.75 Å². The molecule has 0 bridgehead atoms. The summed E-state index contributed by atoms with van der Waals surface area (Å²) in [6.07, 6.45) is 0. The molecule has 2 rings (SSSR count). The average molecular weight is 293 g/mol. The van der Waals surface area contributed by atoms with E-state index in [9.17, 15) is 13.6 Å². The quantitative estimate of drug-likeness (QED) is 0.891. The minimum absolute atomic E-state index is 0.0103. The number of hydrogen-bond donors (Lipinski definition) is 2. The number of nitrogens with one attached hydrogen (secondary N) is 1. The fraction of sp³-hybridized carbons (Fsp3) is 0.133. The lowest BCUT2D eigenvalue weighted by molar-refractivity contribution is -0.0498. The third-order valence-electron chi connectivity index (χ3n) is 2.71. The number of ether oxygens (including phenoxy) is 1. The molecule has 0 spiro atoms. The van der Waals surface area contributed by atoms with Crippen LogP contribution in [0, 0.1) is 0 Å². The van der Waals surface area contributed by atoms with Crippen molar-refractivity contribution in [2.75, 3.05) is 5.32 Å². The van der Waals surface area contributed by atoms with Crippen molar-refractivity contribution in [3.8, 4) is 5.75 Å². The Morgan fingerprint density at radius 2 is 1.90 bits per heavy atom. The molecule has 0 aliphatic carbocycles. The molecule has 0 aliphatic heterocycles. The third kappa shape index (κ3) is 4.25. The van der Waals surface area contributed by atoms with Crippen molar-refractivity contribution >= 4 is 11.6 Å². The fourth-order valence-corrected chi connectivity index (χ4v) is 1.74. The molecule has 0 fully saturated rings. The van der Waals surface area contributed by atoms with Crippen molar-refractivity contribution in [3.05, 3.63) is 59.7 Å². The second-order valence-electron chi connectivity index (χ2n) is 4.22. The summed E-state index contributed by atoms with van der Waals surface area (Å²) in [6.45, 7) is -3.02. The number of carbonyl (C=O) groups excluding carboxylic acids is 1. The lowest BCUT2D eigenvalue weighted by atomic mass is 10.1. The Hall–Kier alpha value is -2.47. The molecule has 0 heterocycles. The van der Waals surface area contributed by atoms with Gasteiger partial charge < -0.3 is 15.2 Å². The van der Waals surface area contributed by atoms with Crippen molar-refractivity contribution in [2.24, 2.45) is 0 Å². The maximum Gasteiger partial charge on any atom is 0.387 e. The van der Waals surface area contributed by atoms with Gasteiger partial charge in [-0.2, -0.15) is 8.78 Å². The van der Waals surface area contributed by atoms with Gasteiger partial charge in [0.1, 0.15) is 5.75 Å². The molecule has 21 heavy (non-hydrogen) atoms.